The monoisotopic (exact) mass is 373 g/mol. The summed E-state index contributed by atoms with van der Waals surface area (Å²) in [6.45, 7) is 2.07. The van der Waals surface area contributed by atoms with Crippen LogP contribution in [-0.4, -0.2) is 21.5 Å². The Labute approximate surface area is 162 Å². The number of hydrogen-bond acceptors (Lipinski definition) is 5. The van der Waals surface area contributed by atoms with Crippen molar-refractivity contribution in [3.05, 3.63) is 77.6 Å². The third-order valence-electron chi connectivity index (χ3n) is 4.09. The molecule has 28 heavy (non-hydrogen) atoms. The molecule has 0 radical (unpaired) electrons. The van der Waals surface area contributed by atoms with Crippen molar-refractivity contribution < 1.29 is 9.59 Å². The average Bonchev–Trinajstić information content (AvgIpc) is 3.19. The highest BCUT2D eigenvalue weighted by molar-refractivity contribution is 5.99. The molecule has 3 aromatic rings. The number of nitrogens with zero attached hydrogens (tertiary/aromatic N) is 3. The minimum atomic E-state index is -0.172. The first kappa shape index (κ1) is 18.9. The van der Waals surface area contributed by atoms with Gasteiger partial charge in [0.2, 0.25) is 5.91 Å². The lowest BCUT2D eigenvalue weighted by Gasteiger charge is -2.12. The van der Waals surface area contributed by atoms with Crippen molar-refractivity contribution in [2.24, 2.45) is 0 Å². The Morgan fingerprint density at radius 3 is 2.75 bits per heavy atom. The highest BCUT2D eigenvalue weighted by Crippen LogP contribution is 2.20. The number of Topliss-reactive ketones (excluding diaryl/α,β-unsaturated/α-hetero) is 1. The number of ketones is 1. The fourth-order valence-corrected chi connectivity index (χ4v) is 2.77. The van der Waals surface area contributed by atoms with Gasteiger partial charge in [-0.05, 0) is 48.9 Å². The molecule has 1 aromatic heterocycles. The second-order valence-corrected chi connectivity index (χ2v) is 6.23. The Kier molecular flexibility index (Phi) is 5.82. The van der Waals surface area contributed by atoms with Crippen molar-refractivity contribution in [3.63, 3.8) is 0 Å². The summed E-state index contributed by atoms with van der Waals surface area (Å²) in [5, 5.41) is 19.1. The molecule has 2 N–H and O–H groups in total. The molecule has 0 bridgehead atoms. The number of carbonyl (C=O) groups excluding carboxylic acids is 2. The summed E-state index contributed by atoms with van der Waals surface area (Å²) in [4.78, 5) is 23.9. The number of nitriles is 1. The zero-order chi connectivity index (χ0) is 19.9. The predicted molar refractivity (Wildman–Crippen MR) is 106 cm³/mol. The maximum Gasteiger partial charge on any atom is 0.246 e. The Bertz CT molecular complexity index is 1040. The van der Waals surface area contributed by atoms with Crippen molar-refractivity contribution in [2.45, 2.75) is 20.0 Å². The van der Waals surface area contributed by atoms with Crippen molar-refractivity contribution in [1.29, 1.82) is 5.26 Å². The van der Waals surface area contributed by atoms with Gasteiger partial charge >= 0.3 is 0 Å². The van der Waals surface area contributed by atoms with Gasteiger partial charge < -0.3 is 10.6 Å². The fraction of sp³-hybridized carbons (Fsp3) is 0.143. The standard InChI is InChI=1S/C21H19N5O2/c1-15(27)19-7-6-16(12-22)11-20(19)23-13-17-4-2-5-18(10-17)25-21(28)14-26-9-3-8-24-26/h2-11,23H,13-14H2,1H3,(H,25,28). The van der Waals surface area contributed by atoms with Crippen molar-refractivity contribution in [3.8, 4) is 6.07 Å². The van der Waals surface area contributed by atoms with Gasteiger partial charge in [-0.3, -0.25) is 14.3 Å². The normalized spacial score (nSPS) is 10.1. The van der Waals surface area contributed by atoms with Gasteiger partial charge in [-0.25, -0.2) is 0 Å². The van der Waals surface area contributed by atoms with E-state index in [-0.39, 0.29) is 18.2 Å². The number of aromatic nitrogens is 2. The van der Waals surface area contributed by atoms with E-state index in [0.717, 1.165) is 5.56 Å². The Balaban J connectivity index is 1.67. The lowest BCUT2D eigenvalue weighted by Crippen LogP contribution is -2.19. The van der Waals surface area contributed by atoms with Crippen LogP contribution in [0.5, 0.6) is 0 Å². The maximum atomic E-state index is 12.1. The first-order valence-electron chi connectivity index (χ1n) is 8.70. The van der Waals surface area contributed by atoms with Crippen LogP contribution in [0.1, 0.15) is 28.4 Å². The quantitative estimate of drug-likeness (QED) is 0.620. The van der Waals surface area contributed by atoms with E-state index >= 15 is 0 Å². The van der Waals surface area contributed by atoms with Crippen LogP contribution in [-0.2, 0) is 17.9 Å². The molecule has 140 valence electrons. The largest absolute Gasteiger partial charge is 0.380 e. The lowest BCUT2D eigenvalue weighted by molar-refractivity contribution is -0.116. The van der Waals surface area contributed by atoms with Gasteiger partial charge in [0.05, 0.1) is 11.6 Å². The number of carbonyl (C=O) groups is 2. The average molecular weight is 373 g/mol. The van der Waals surface area contributed by atoms with E-state index in [1.54, 1.807) is 41.3 Å². The molecule has 1 heterocycles. The number of rotatable bonds is 7. The van der Waals surface area contributed by atoms with Gasteiger partial charge in [-0.15, -0.1) is 0 Å². The summed E-state index contributed by atoms with van der Waals surface area (Å²) in [6.07, 6.45) is 3.35. The van der Waals surface area contributed by atoms with E-state index in [1.807, 2.05) is 24.3 Å². The Hall–Kier alpha value is -3.92. The molecular formula is C21H19N5O2. The van der Waals surface area contributed by atoms with Crippen LogP contribution in [0.4, 0.5) is 11.4 Å². The molecule has 0 aliphatic rings. The third-order valence-corrected chi connectivity index (χ3v) is 4.09. The predicted octanol–water partition coefficient (Wildman–Crippen LogP) is 3.21. The van der Waals surface area contributed by atoms with E-state index in [0.29, 0.717) is 29.0 Å². The van der Waals surface area contributed by atoms with Crippen molar-refractivity contribution in [1.82, 2.24) is 9.78 Å². The topological polar surface area (TPSA) is 99.8 Å². The molecule has 0 unspecified atom stereocenters. The second kappa shape index (κ2) is 8.64. The van der Waals surface area contributed by atoms with Crippen molar-refractivity contribution in [2.75, 3.05) is 10.6 Å². The molecule has 0 saturated heterocycles. The van der Waals surface area contributed by atoms with Gasteiger partial charge in [-0.1, -0.05) is 12.1 Å². The Morgan fingerprint density at radius 1 is 1.18 bits per heavy atom. The molecule has 0 saturated carbocycles. The van der Waals surface area contributed by atoms with Crippen molar-refractivity contribution >= 4 is 23.1 Å². The molecule has 7 heteroatoms. The smallest absolute Gasteiger partial charge is 0.246 e. The van der Waals surface area contributed by atoms with Gasteiger partial charge in [0, 0.05) is 35.9 Å². The summed E-state index contributed by atoms with van der Waals surface area (Å²) < 4.78 is 1.55. The molecule has 2 aromatic carbocycles. The second-order valence-electron chi connectivity index (χ2n) is 6.23. The zero-order valence-electron chi connectivity index (χ0n) is 15.3. The van der Waals surface area contributed by atoms with Crippen LogP contribution in [0.25, 0.3) is 0 Å². The molecule has 7 nitrogen and oxygen atoms in total. The zero-order valence-corrected chi connectivity index (χ0v) is 15.3. The van der Waals surface area contributed by atoms with Gasteiger partial charge in [0.1, 0.15) is 6.54 Å². The third kappa shape index (κ3) is 4.83. The van der Waals surface area contributed by atoms with E-state index in [4.69, 9.17) is 5.26 Å². The van der Waals surface area contributed by atoms with Crippen LogP contribution in [0.15, 0.2) is 60.9 Å². The van der Waals surface area contributed by atoms with Gasteiger partial charge in [0.25, 0.3) is 0 Å². The van der Waals surface area contributed by atoms with Gasteiger partial charge in [-0.2, -0.15) is 10.4 Å². The highest BCUT2D eigenvalue weighted by Gasteiger charge is 2.09. The van der Waals surface area contributed by atoms with E-state index in [2.05, 4.69) is 21.8 Å². The number of anilines is 2. The first-order valence-corrected chi connectivity index (χ1v) is 8.70. The first-order chi connectivity index (χ1) is 13.5. The van der Waals surface area contributed by atoms with Crippen LogP contribution >= 0.6 is 0 Å². The van der Waals surface area contributed by atoms with Crippen LogP contribution in [0.3, 0.4) is 0 Å². The molecule has 0 aliphatic heterocycles. The summed E-state index contributed by atoms with van der Waals surface area (Å²) in [6, 6.07) is 16.2. The molecule has 3 rings (SSSR count). The molecule has 1 amide bonds. The van der Waals surface area contributed by atoms with Crippen LogP contribution in [0.2, 0.25) is 0 Å². The number of nitrogens with one attached hydrogen (secondary N) is 2. The van der Waals surface area contributed by atoms with E-state index < -0.39 is 0 Å². The van der Waals surface area contributed by atoms with Gasteiger partial charge in [0.15, 0.2) is 5.78 Å². The highest BCUT2D eigenvalue weighted by atomic mass is 16.2. The molecule has 0 atom stereocenters. The molecule has 0 fully saturated rings. The Morgan fingerprint density at radius 2 is 2.04 bits per heavy atom. The maximum absolute atomic E-state index is 12.1. The number of hydrogen-bond donors (Lipinski definition) is 2. The van der Waals surface area contributed by atoms with Crippen LogP contribution in [0, 0.1) is 11.3 Å². The lowest BCUT2D eigenvalue weighted by atomic mass is 10.1. The molecular weight excluding hydrogens is 354 g/mol. The minimum Gasteiger partial charge on any atom is -0.380 e. The number of benzene rings is 2. The number of amides is 1. The fourth-order valence-electron chi connectivity index (χ4n) is 2.77. The SMILES string of the molecule is CC(=O)c1ccc(C#N)cc1NCc1cccc(NC(=O)Cn2cccn2)c1. The van der Waals surface area contributed by atoms with E-state index in [1.165, 1.54) is 6.92 Å². The van der Waals surface area contributed by atoms with Crippen LogP contribution < -0.4 is 10.6 Å². The summed E-state index contributed by atoms with van der Waals surface area (Å²) in [7, 11) is 0. The summed E-state index contributed by atoms with van der Waals surface area (Å²) in [5.74, 6) is -0.249. The minimum absolute atomic E-state index is 0.0772. The van der Waals surface area contributed by atoms with E-state index in [9.17, 15) is 9.59 Å². The summed E-state index contributed by atoms with van der Waals surface area (Å²) in [5.41, 5.74) is 3.22. The molecule has 0 aliphatic carbocycles. The summed E-state index contributed by atoms with van der Waals surface area (Å²) >= 11 is 0. The molecule has 0 spiro atoms.